The summed E-state index contributed by atoms with van der Waals surface area (Å²) < 4.78 is 5.17. The van der Waals surface area contributed by atoms with E-state index in [-0.39, 0.29) is 24.0 Å². The zero-order valence-corrected chi connectivity index (χ0v) is 16.4. The quantitative estimate of drug-likeness (QED) is 0.785. The predicted octanol–water partition coefficient (Wildman–Crippen LogP) is 2.91. The molecule has 0 aliphatic carbocycles. The van der Waals surface area contributed by atoms with Gasteiger partial charge in [0.15, 0.2) is 6.61 Å². The highest BCUT2D eigenvalue weighted by atomic mass is 32.2. The molecular formula is C21H19N3O4S. The fraction of sp³-hybridized carbons (Fsp3) is 0.238. The number of hydrogen-bond acceptors (Lipinski definition) is 6. The summed E-state index contributed by atoms with van der Waals surface area (Å²) in [5, 5.41) is 8.47. The number of thioether (sulfide) groups is 1. The minimum Gasteiger partial charge on any atom is -0.452 e. The molecule has 2 aromatic carbocycles. The number of fused-ring (bicyclic) bond motifs is 1. The van der Waals surface area contributed by atoms with Crippen molar-refractivity contribution in [1.82, 2.24) is 5.01 Å². The molecule has 0 spiro atoms. The van der Waals surface area contributed by atoms with Gasteiger partial charge in [-0.15, -0.1) is 11.8 Å². The van der Waals surface area contributed by atoms with Gasteiger partial charge >= 0.3 is 5.97 Å². The lowest BCUT2D eigenvalue weighted by Gasteiger charge is -2.12. The predicted molar refractivity (Wildman–Crippen MR) is 110 cm³/mol. The number of rotatable bonds is 4. The topological polar surface area (TPSA) is 88.1 Å². The second-order valence-corrected chi connectivity index (χ2v) is 7.75. The second kappa shape index (κ2) is 8.48. The van der Waals surface area contributed by atoms with Crippen LogP contribution in [0.3, 0.4) is 0 Å². The van der Waals surface area contributed by atoms with Crippen LogP contribution in [0, 0.1) is 0 Å². The Morgan fingerprint density at radius 2 is 1.97 bits per heavy atom. The van der Waals surface area contributed by atoms with Gasteiger partial charge in [-0.05, 0) is 23.8 Å². The van der Waals surface area contributed by atoms with E-state index in [1.807, 2.05) is 30.3 Å². The van der Waals surface area contributed by atoms with Crippen molar-refractivity contribution in [3.8, 4) is 0 Å². The van der Waals surface area contributed by atoms with E-state index in [0.717, 1.165) is 16.2 Å². The van der Waals surface area contributed by atoms with Gasteiger partial charge in [0, 0.05) is 23.5 Å². The minimum atomic E-state index is -0.615. The molecule has 2 amide bonds. The van der Waals surface area contributed by atoms with E-state index < -0.39 is 5.97 Å². The van der Waals surface area contributed by atoms with Gasteiger partial charge < -0.3 is 10.1 Å². The first-order valence-electron chi connectivity index (χ1n) is 9.27. The molecule has 0 aromatic heterocycles. The van der Waals surface area contributed by atoms with Crippen LogP contribution in [-0.2, 0) is 14.3 Å². The number of amides is 2. The Morgan fingerprint density at radius 1 is 1.14 bits per heavy atom. The lowest BCUT2D eigenvalue weighted by Crippen LogP contribution is -2.28. The van der Waals surface area contributed by atoms with Gasteiger partial charge in [-0.25, -0.2) is 9.80 Å². The molecule has 0 bridgehead atoms. The van der Waals surface area contributed by atoms with Crippen molar-refractivity contribution in [3.63, 3.8) is 0 Å². The zero-order chi connectivity index (χ0) is 20.2. The van der Waals surface area contributed by atoms with Crippen molar-refractivity contribution in [3.05, 3.63) is 59.7 Å². The van der Waals surface area contributed by atoms with E-state index in [4.69, 9.17) is 4.74 Å². The summed E-state index contributed by atoms with van der Waals surface area (Å²) >= 11 is 1.56. The van der Waals surface area contributed by atoms with E-state index in [0.29, 0.717) is 30.8 Å². The Bertz CT molecular complexity index is 991. The van der Waals surface area contributed by atoms with Gasteiger partial charge in [-0.3, -0.25) is 9.59 Å². The van der Waals surface area contributed by atoms with Gasteiger partial charge in [-0.2, -0.15) is 5.10 Å². The third-order valence-corrected chi connectivity index (χ3v) is 5.67. The smallest absolute Gasteiger partial charge is 0.338 e. The SMILES string of the molecule is O=C1CCSc2ccc(C(=O)OCC(=O)N3CCC(c4ccccc4)=N3)cc2N1. The highest BCUT2D eigenvalue weighted by Crippen LogP contribution is 2.31. The van der Waals surface area contributed by atoms with Gasteiger partial charge in [0.2, 0.25) is 5.91 Å². The van der Waals surface area contributed by atoms with E-state index >= 15 is 0 Å². The molecule has 0 fully saturated rings. The summed E-state index contributed by atoms with van der Waals surface area (Å²) in [5.41, 5.74) is 2.69. The van der Waals surface area contributed by atoms with Crippen LogP contribution in [0.1, 0.15) is 28.8 Å². The molecular weight excluding hydrogens is 390 g/mol. The van der Waals surface area contributed by atoms with Crippen LogP contribution < -0.4 is 5.32 Å². The first-order chi connectivity index (χ1) is 14.1. The molecule has 148 valence electrons. The Kier molecular flexibility index (Phi) is 5.62. The standard InChI is InChI=1S/C21H19N3O4S/c25-19-9-11-29-18-7-6-15(12-17(18)22-19)21(27)28-13-20(26)24-10-8-16(23-24)14-4-2-1-3-5-14/h1-7,12H,8-11,13H2,(H,22,25). The van der Waals surface area contributed by atoms with Crippen molar-refractivity contribution < 1.29 is 19.1 Å². The number of carbonyl (C=O) groups is 3. The number of hydrazone groups is 1. The van der Waals surface area contributed by atoms with Crippen LogP contribution in [0.25, 0.3) is 0 Å². The Hall–Kier alpha value is -3.13. The molecule has 0 saturated carbocycles. The lowest BCUT2D eigenvalue weighted by molar-refractivity contribution is -0.134. The van der Waals surface area contributed by atoms with Crippen molar-refractivity contribution in [2.45, 2.75) is 17.7 Å². The molecule has 2 aromatic rings. The highest BCUT2D eigenvalue weighted by molar-refractivity contribution is 7.99. The summed E-state index contributed by atoms with van der Waals surface area (Å²) in [6.45, 7) is 0.0747. The first-order valence-corrected chi connectivity index (χ1v) is 10.3. The zero-order valence-electron chi connectivity index (χ0n) is 15.6. The van der Waals surface area contributed by atoms with E-state index in [1.165, 1.54) is 5.01 Å². The van der Waals surface area contributed by atoms with Crippen molar-refractivity contribution in [2.24, 2.45) is 5.10 Å². The third-order valence-electron chi connectivity index (χ3n) is 4.60. The van der Waals surface area contributed by atoms with Gasteiger partial charge in [0.05, 0.1) is 23.5 Å². The number of ether oxygens (including phenoxy) is 1. The van der Waals surface area contributed by atoms with Crippen LogP contribution in [0.4, 0.5) is 5.69 Å². The van der Waals surface area contributed by atoms with Gasteiger partial charge in [-0.1, -0.05) is 30.3 Å². The largest absolute Gasteiger partial charge is 0.452 e. The van der Waals surface area contributed by atoms with Crippen molar-refractivity contribution in [1.29, 1.82) is 0 Å². The van der Waals surface area contributed by atoms with E-state index in [1.54, 1.807) is 30.0 Å². The average molecular weight is 409 g/mol. The number of carbonyl (C=O) groups excluding carboxylic acids is 3. The molecule has 4 rings (SSSR count). The molecule has 0 radical (unpaired) electrons. The summed E-state index contributed by atoms with van der Waals surface area (Å²) in [4.78, 5) is 37.3. The fourth-order valence-electron chi connectivity index (χ4n) is 3.10. The van der Waals surface area contributed by atoms with Gasteiger partial charge in [0.1, 0.15) is 0 Å². The minimum absolute atomic E-state index is 0.0851. The van der Waals surface area contributed by atoms with Crippen LogP contribution in [0.15, 0.2) is 58.5 Å². The van der Waals surface area contributed by atoms with E-state index in [2.05, 4.69) is 10.4 Å². The lowest BCUT2D eigenvalue weighted by atomic mass is 10.1. The molecule has 2 heterocycles. The molecule has 0 saturated heterocycles. The maximum atomic E-state index is 12.4. The fourth-order valence-corrected chi connectivity index (χ4v) is 4.04. The summed E-state index contributed by atoms with van der Waals surface area (Å²) in [5.74, 6) is -0.379. The van der Waals surface area contributed by atoms with Crippen LogP contribution in [0.5, 0.6) is 0 Å². The molecule has 7 nitrogen and oxygen atoms in total. The third kappa shape index (κ3) is 4.48. The molecule has 0 unspecified atom stereocenters. The van der Waals surface area contributed by atoms with Crippen molar-refractivity contribution >= 4 is 40.9 Å². The van der Waals surface area contributed by atoms with Crippen LogP contribution >= 0.6 is 11.8 Å². The molecule has 2 aliphatic rings. The second-order valence-electron chi connectivity index (χ2n) is 6.61. The monoisotopic (exact) mass is 409 g/mol. The van der Waals surface area contributed by atoms with Crippen LogP contribution in [-0.4, -0.2) is 47.4 Å². The Balaban J connectivity index is 1.37. The molecule has 0 atom stereocenters. The van der Waals surface area contributed by atoms with Gasteiger partial charge in [0.25, 0.3) is 5.91 Å². The van der Waals surface area contributed by atoms with E-state index in [9.17, 15) is 14.4 Å². The molecule has 2 aliphatic heterocycles. The first kappa shape index (κ1) is 19.2. The average Bonchev–Trinajstić information content (AvgIpc) is 3.16. The number of hydrogen-bond donors (Lipinski definition) is 1. The summed E-state index contributed by atoms with van der Waals surface area (Å²) in [7, 11) is 0. The number of nitrogens with zero attached hydrogens (tertiary/aromatic N) is 2. The summed E-state index contributed by atoms with van der Waals surface area (Å²) in [6.07, 6.45) is 1.08. The number of nitrogens with one attached hydrogen (secondary N) is 1. The molecule has 1 N–H and O–H groups in total. The van der Waals surface area contributed by atoms with Crippen molar-refractivity contribution in [2.75, 3.05) is 24.2 Å². The maximum absolute atomic E-state index is 12.4. The number of anilines is 1. The highest BCUT2D eigenvalue weighted by Gasteiger charge is 2.23. The Morgan fingerprint density at radius 3 is 2.79 bits per heavy atom. The number of benzene rings is 2. The molecule has 8 heteroatoms. The molecule has 29 heavy (non-hydrogen) atoms. The normalized spacial score (nSPS) is 15.8. The Labute approximate surface area is 172 Å². The maximum Gasteiger partial charge on any atom is 0.338 e. The summed E-state index contributed by atoms with van der Waals surface area (Å²) in [6, 6.07) is 14.7. The number of esters is 1. The van der Waals surface area contributed by atoms with Crippen LogP contribution in [0.2, 0.25) is 0 Å².